The van der Waals surface area contributed by atoms with Crippen LogP contribution < -0.4 is 5.73 Å². The molecule has 1 aromatic carbocycles. The van der Waals surface area contributed by atoms with Gasteiger partial charge in [0.05, 0.1) is 23.8 Å². The lowest BCUT2D eigenvalue weighted by atomic mass is 9.84. The molecule has 156 valence electrons. The molecular weight excluding hydrogens is 399 g/mol. The van der Waals surface area contributed by atoms with Crippen LogP contribution in [0.15, 0.2) is 18.3 Å². The molecule has 1 aliphatic rings. The number of H-pyrrole nitrogens is 1. The molecule has 0 saturated carbocycles. The molecule has 0 atom stereocenters. The maximum atomic E-state index is 13.3. The Bertz CT molecular complexity index is 1230. The Labute approximate surface area is 168 Å². The third-order valence-corrected chi connectivity index (χ3v) is 5.35. The molecule has 30 heavy (non-hydrogen) atoms. The summed E-state index contributed by atoms with van der Waals surface area (Å²) in [6.45, 7) is 0. The van der Waals surface area contributed by atoms with Crippen LogP contribution in [0.1, 0.15) is 40.2 Å². The van der Waals surface area contributed by atoms with E-state index >= 15 is 0 Å². The number of rotatable bonds is 3. The molecule has 0 fully saturated rings. The predicted molar refractivity (Wildman–Crippen MR) is 105 cm³/mol. The van der Waals surface area contributed by atoms with E-state index < -0.39 is 23.4 Å². The van der Waals surface area contributed by atoms with Gasteiger partial charge in [-0.1, -0.05) is 0 Å². The number of nitrogens with zero attached hydrogens (tertiary/aromatic N) is 2. The third-order valence-electron chi connectivity index (χ3n) is 5.35. The fourth-order valence-electron chi connectivity index (χ4n) is 4.03. The Kier molecular flexibility index (Phi) is 4.71. The van der Waals surface area contributed by atoms with Gasteiger partial charge in [-0.2, -0.15) is 18.3 Å². The fraction of sp³-hybridized carbons (Fsp3) is 0.300. The molecule has 0 aliphatic heterocycles. The van der Waals surface area contributed by atoms with Gasteiger partial charge in [-0.15, -0.1) is 0 Å². The summed E-state index contributed by atoms with van der Waals surface area (Å²) < 4.78 is 44.6. The first kappa shape index (κ1) is 19.9. The highest BCUT2D eigenvalue weighted by Gasteiger charge is 2.39. The van der Waals surface area contributed by atoms with Gasteiger partial charge in [0, 0.05) is 22.5 Å². The van der Waals surface area contributed by atoms with E-state index in [-0.39, 0.29) is 11.4 Å². The van der Waals surface area contributed by atoms with Crippen molar-refractivity contribution in [3.63, 3.8) is 0 Å². The molecule has 0 amide bonds. The van der Waals surface area contributed by atoms with E-state index in [1.54, 1.807) is 12.1 Å². The first-order valence-corrected chi connectivity index (χ1v) is 9.27. The summed E-state index contributed by atoms with van der Waals surface area (Å²) in [6.07, 6.45) is -1.35. The van der Waals surface area contributed by atoms with Crippen LogP contribution in [0.25, 0.3) is 27.4 Å². The highest BCUT2D eigenvalue weighted by Crippen LogP contribution is 2.38. The monoisotopic (exact) mass is 417 g/mol. The lowest BCUT2D eigenvalue weighted by Crippen LogP contribution is -2.25. The van der Waals surface area contributed by atoms with Crippen molar-refractivity contribution in [2.75, 3.05) is 7.11 Å². The number of alkyl halides is 3. The summed E-state index contributed by atoms with van der Waals surface area (Å²) in [4.78, 5) is 16.7. The zero-order chi connectivity index (χ0) is 21.6. The summed E-state index contributed by atoms with van der Waals surface area (Å²) in [5.41, 5.74) is 6.09. The Morgan fingerprint density at radius 2 is 1.90 bits per heavy atom. The number of carbonyl (C=O) groups is 1. The second-order valence-electron chi connectivity index (χ2n) is 7.02. The van der Waals surface area contributed by atoms with Crippen molar-refractivity contribution in [3.05, 3.63) is 40.8 Å². The molecule has 0 radical (unpaired) electrons. The number of aryl methyl sites for hydroxylation is 1. The molecule has 4 rings (SSSR count). The summed E-state index contributed by atoms with van der Waals surface area (Å²) >= 11 is 0. The minimum absolute atomic E-state index is 0.0597. The molecule has 4 N–H and O–H groups in total. The molecule has 2 aromatic heterocycles. The molecule has 1 aliphatic carbocycles. The van der Waals surface area contributed by atoms with Gasteiger partial charge in [0.25, 0.3) is 0 Å². The van der Waals surface area contributed by atoms with Crippen molar-refractivity contribution >= 4 is 39.1 Å². The van der Waals surface area contributed by atoms with E-state index in [4.69, 9.17) is 15.9 Å². The minimum Gasteiger partial charge on any atom is -0.464 e. The molecule has 0 unspecified atom stereocenters. The van der Waals surface area contributed by atoms with Gasteiger partial charge < -0.3 is 10.5 Å². The lowest BCUT2D eigenvalue weighted by Gasteiger charge is -2.23. The van der Waals surface area contributed by atoms with Crippen LogP contribution in [-0.4, -0.2) is 40.1 Å². The van der Waals surface area contributed by atoms with E-state index in [0.717, 1.165) is 24.6 Å². The maximum Gasteiger partial charge on any atom is 0.433 e. The molecular formula is C20H18F3N5O2. The van der Waals surface area contributed by atoms with Crippen LogP contribution in [0.2, 0.25) is 0 Å². The van der Waals surface area contributed by atoms with Crippen molar-refractivity contribution in [1.82, 2.24) is 15.2 Å². The van der Waals surface area contributed by atoms with E-state index in [0.29, 0.717) is 40.2 Å². The molecule has 0 saturated heterocycles. The first-order chi connectivity index (χ1) is 14.3. The Hall–Kier alpha value is -3.43. The topological polar surface area (TPSA) is 118 Å². The van der Waals surface area contributed by atoms with Gasteiger partial charge in [-0.25, -0.2) is 9.78 Å². The van der Waals surface area contributed by atoms with Gasteiger partial charge in [0.2, 0.25) is 0 Å². The Morgan fingerprint density at radius 1 is 1.20 bits per heavy atom. The van der Waals surface area contributed by atoms with Crippen LogP contribution >= 0.6 is 0 Å². The summed E-state index contributed by atoms with van der Waals surface area (Å²) in [6, 6.07) is 3.31. The molecule has 10 heteroatoms. The van der Waals surface area contributed by atoms with Gasteiger partial charge in [-0.05, 0) is 48.9 Å². The Morgan fingerprint density at radius 3 is 2.53 bits per heavy atom. The number of carbonyl (C=O) groups excluding carboxylic acids is 1. The van der Waals surface area contributed by atoms with E-state index in [2.05, 4.69) is 15.2 Å². The number of allylic oxidation sites excluding steroid dienone is 1. The number of fused-ring (bicyclic) bond motifs is 5. The number of hydrogen-bond acceptors (Lipinski definition) is 6. The number of aromatic nitrogens is 3. The van der Waals surface area contributed by atoms with Crippen LogP contribution in [0.5, 0.6) is 0 Å². The van der Waals surface area contributed by atoms with Crippen molar-refractivity contribution in [2.45, 2.75) is 31.9 Å². The van der Waals surface area contributed by atoms with Gasteiger partial charge in [0.15, 0.2) is 5.69 Å². The smallest absolute Gasteiger partial charge is 0.433 e. The van der Waals surface area contributed by atoms with Crippen molar-refractivity contribution in [2.24, 2.45) is 5.73 Å². The second kappa shape index (κ2) is 7.12. The van der Waals surface area contributed by atoms with Gasteiger partial charge in [0.1, 0.15) is 5.71 Å². The summed E-state index contributed by atoms with van der Waals surface area (Å²) in [7, 11) is 1.25. The number of methoxy groups -OCH3 is 1. The second-order valence-corrected chi connectivity index (χ2v) is 7.02. The largest absolute Gasteiger partial charge is 0.464 e. The highest BCUT2D eigenvalue weighted by atomic mass is 19.4. The minimum atomic E-state index is -4.85. The average Bonchev–Trinajstić information content (AvgIpc) is 3.17. The normalized spacial score (nSPS) is 14.7. The standard InChI is InChI=1S/C20H18F3N5O2/c1-30-19(29)17-15-13(27-28-17)7-6-12-14(15)9-4-2-3-5-10(9)16(26-12)11(8-24)18(25)20(21,22)23/h6-8,25H,2-5,24H2,1H3,(H,27,28)/b11-8-,25-18?. The molecule has 7 nitrogen and oxygen atoms in total. The van der Waals surface area contributed by atoms with Crippen molar-refractivity contribution < 1.29 is 22.7 Å². The zero-order valence-corrected chi connectivity index (χ0v) is 16.0. The van der Waals surface area contributed by atoms with Crippen LogP contribution in [0.4, 0.5) is 13.2 Å². The fourth-order valence-corrected chi connectivity index (χ4v) is 4.03. The average molecular weight is 417 g/mol. The molecule has 0 bridgehead atoms. The number of aromatic amines is 1. The number of hydrogen-bond donors (Lipinski definition) is 3. The number of nitrogens with one attached hydrogen (secondary N) is 2. The lowest BCUT2D eigenvalue weighted by molar-refractivity contribution is -0.0578. The van der Waals surface area contributed by atoms with Gasteiger partial charge in [-0.3, -0.25) is 10.5 Å². The molecule has 0 spiro atoms. The zero-order valence-electron chi connectivity index (χ0n) is 16.0. The van der Waals surface area contributed by atoms with Crippen molar-refractivity contribution in [1.29, 1.82) is 5.41 Å². The number of benzene rings is 1. The Balaban J connectivity index is 2.08. The SMILES string of the molecule is COC(=O)c1n[nH]c2ccc3nc(/C(=C/N)C(=N)C(F)(F)F)c4c(c3c12)CCCC4. The van der Waals surface area contributed by atoms with Crippen LogP contribution in [-0.2, 0) is 17.6 Å². The quantitative estimate of drug-likeness (QED) is 0.444. The van der Waals surface area contributed by atoms with E-state index in [1.807, 2.05) is 0 Å². The number of halogens is 3. The van der Waals surface area contributed by atoms with E-state index in [9.17, 15) is 18.0 Å². The van der Waals surface area contributed by atoms with E-state index in [1.165, 1.54) is 7.11 Å². The van der Waals surface area contributed by atoms with Crippen molar-refractivity contribution in [3.8, 4) is 0 Å². The van der Waals surface area contributed by atoms with Gasteiger partial charge >= 0.3 is 12.1 Å². The number of nitrogens with two attached hydrogens (primary N) is 1. The number of ether oxygens (including phenoxy) is 1. The first-order valence-electron chi connectivity index (χ1n) is 9.27. The number of pyridine rings is 1. The third kappa shape index (κ3) is 2.99. The predicted octanol–water partition coefficient (Wildman–Crippen LogP) is 3.66. The van der Waals surface area contributed by atoms with Crippen LogP contribution in [0.3, 0.4) is 0 Å². The number of esters is 1. The van der Waals surface area contributed by atoms with Crippen LogP contribution in [0, 0.1) is 5.41 Å². The molecule has 3 aromatic rings. The highest BCUT2D eigenvalue weighted by molar-refractivity contribution is 6.25. The molecule has 2 heterocycles. The summed E-state index contributed by atoms with van der Waals surface area (Å²) in [5, 5.41) is 15.6. The maximum absolute atomic E-state index is 13.3. The summed E-state index contributed by atoms with van der Waals surface area (Å²) in [5.74, 6) is -0.622.